The molecule has 0 bridgehead atoms. The molecule has 0 saturated carbocycles. The van der Waals surface area contributed by atoms with E-state index in [0.29, 0.717) is 0 Å². The van der Waals surface area contributed by atoms with E-state index in [1.54, 1.807) is 0 Å². The minimum absolute atomic E-state index is 0. The summed E-state index contributed by atoms with van der Waals surface area (Å²) in [5.41, 5.74) is 0. The average molecular weight is 1130 g/mol. The van der Waals surface area contributed by atoms with Crippen molar-refractivity contribution >= 4 is 79.6 Å². The summed E-state index contributed by atoms with van der Waals surface area (Å²) in [4.78, 5) is 0. The summed E-state index contributed by atoms with van der Waals surface area (Å²) in [6.07, 6.45) is 0. The first-order chi connectivity index (χ1) is 15.4. The van der Waals surface area contributed by atoms with E-state index in [2.05, 4.69) is 39.9 Å². The SMILES string of the molecule is [C-]#[O+].[C-]#[O+].[C-]#[O+].[C-]#[O+].[C-]#[O+].[C-]#[O+].[F][Sb-]([F])([F])([F])([F])[F].[F][Sb-]([F])([F])([F])([F])[F].[F][Sb]([F])([F])([F])[F].[F][Sb]([F])([F])([F])[F].[Fe+2]. The second-order valence-corrected chi connectivity index (χ2v) is 21.4. The van der Waals surface area contributed by atoms with Gasteiger partial charge < -0.3 is 0 Å². The molecule has 0 heterocycles. The predicted molar refractivity (Wildman–Crippen MR) is 71.0 cm³/mol. The molecule has 6 nitrogen and oxygen atoms in total. The minimum Gasteiger partial charge on any atom is 2.00 e. The predicted octanol–water partition coefficient (Wildman–Crippen LogP) is 7.49. The first kappa shape index (κ1) is 72.2. The molecule has 39 heavy (non-hydrogen) atoms. The molecule has 0 atom stereocenters. The Morgan fingerprint density at radius 2 is 0.282 bits per heavy atom. The Morgan fingerprint density at radius 3 is 0.282 bits per heavy atom. The Kier molecular flexibility index (Phi) is 39.6. The molecular formula is C6F22FeO6Sb4. The van der Waals surface area contributed by atoms with Gasteiger partial charge in [-0.1, -0.05) is 0 Å². The molecule has 242 valence electrons. The van der Waals surface area contributed by atoms with Gasteiger partial charge in [0.05, 0.1) is 0 Å². The molecule has 0 N–H and O–H groups in total. The molecule has 0 spiro atoms. The van der Waals surface area contributed by atoms with Crippen molar-refractivity contribution in [1.29, 1.82) is 0 Å². The van der Waals surface area contributed by atoms with Crippen molar-refractivity contribution in [2.75, 3.05) is 0 Å². The van der Waals surface area contributed by atoms with Gasteiger partial charge in [0.25, 0.3) is 0 Å². The van der Waals surface area contributed by atoms with Crippen LogP contribution in [0.4, 0.5) is 61.9 Å². The molecule has 0 aromatic rings. The van der Waals surface area contributed by atoms with Crippen LogP contribution in [0.3, 0.4) is 0 Å². The molecule has 0 unspecified atom stereocenters. The Labute approximate surface area is 224 Å². The van der Waals surface area contributed by atoms with Crippen LogP contribution in [0.25, 0.3) is 0 Å². The van der Waals surface area contributed by atoms with Crippen LogP contribution < -0.4 is 0 Å². The molecule has 0 aromatic carbocycles. The van der Waals surface area contributed by atoms with Crippen LogP contribution in [-0.4, -0.2) is 79.6 Å². The molecule has 0 aliphatic rings. The van der Waals surface area contributed by atoms with Gasteiger partial charge in [0.2, 0.25) is 0 Å². The molecule has 0 saturated heterocycles. The van der Waals surface area contributed by atoms with E-state index in [4.69, 9.17) is 27.9 Å². The van der Waals surface area contributed by atoms with Crippen molar-refractivity contribution < 1.29 is 107 Å². The Morgan fingerprint density at radius 1 is 0.282 bits per heavy atom. The number of hydrogen-bond acceptors (Lipinski definition) is 0. The zero-order valence-corrected chi connectivity index (χ0v) is 27.2. The van der Waals surface area contributed by atoms with Gasteiger partial charge in [0.15, 0.2) is 0 Å². The van der Waals surface area contributed by atoms with Gasteiger partial charge in [-0.25, -0.2) is 0 Å². The van der Waals surface area contributed by atoms with Crippen LogP contribution in [0.5, 0.6) is 0 Å². The molecule has 0 aliphatic carbocycles. The van der Waals surface area contributed by atoms with Gasteiger partial charge >= 0.3 is 226 Å². The fourth-order valence-corrected chi connectivity index (χ4v) is 0. The van der Waals surface area contributed by atoms with E-state index in [0.717, 1.165) is 0 Å². The largest absolute Gasteiger partial charge is 2.00 e. The second-order valence-electron chi connectivity index (χ2n) is 3.19. The fraction of sp³-hybridized carbons (Fsp3) is 0. The van der Waals surface area contributed by atoms with Crippen molar-refractivity contribution in [2.24, 2.45) is 0 Å². The maximum atomic E-state index is 9.93. The molecule has 0 amide bonds. The Hall–Kier alpha value is 0.692. The van der Waals surface area contributed by atoms with Crippen molar-refractivity contribution in [3.05, 3.63) is 39.9 Å². The maximum Gasteiger partial charge on any atom is 2.00 e. The van der Waals surface area contributed by atoms with Crippen LogP contribution in [0.1, 0.15) is 0 Å². The van der Waals surface area contributed by atoms with Crippen molar-refractivity contribution in [2.45, 2.75) is 0 Å². The minimum atomic E-state index is -11.2. The number of halogens is 22. The third kappa shape index (κ3) is 109000. The van der Waals surface area contributed by atoms with Crippen LogP contribution in [0.15, 0.2) is 0 Å². The molecule has 0 fully saturated rings. The van der Waals surface area contributed by atoms with Crippen LogP contribution in [0.2, 0.25) is 0 Å². The molecule has 0 radical (unpaired) electrons. The smallest absolute Gasteiger partial charge is 2.00 e. The first-order valence-corrected chi connectivity index (χ1v) is 26.2. The zero-order valence-electron chi connectivity index (χ0n) is 15.9. The van der Waals surface area contributed by atoms with E-state index < -0.39 is 79.6 Å². The number of hydrogen-bond donors (Lipinski definition) is 0. The topological polar surface area (TPSA) is 119 Å². The van der Waals surface area contributed by atoms with Gasteiger partial charge in [-0.2, -0.15) is 0 Å². The van der Waals surface area contributed by atoms with E-state index in [1.165, 1.54) is 0 Å². The quantitative estimate of drug-likeness (QED) is 0.104. The molecule has 0 aliphatic heterocycles. The summed E-state index contributed by atoms with van der Waals surface area (Å²) in [6, 6.07) is 0. The summed E-state index contributed by atoms with van der Waals surface area (Å²) >= 11 is -40.9. The van der Waals surface area contributed by atoms with Crippen molar-refractivity contribution in [1.82, 2.24) is 0 Å². The Balaban J connectivity index is -0.0000000261. The third-order valence-electron chi connectivity index (χ3n) is 0. The summed E-state index contributed by atoms with van der Waals surface area (Å²) < 4.78 is 263. The molecule has 0 aromatic heterocycles. The summed E-state index contributed by atoms with van der Waals surface area (Å²) in [5.74, 6) is 0. The van der Waals surface area contributed by atoms with Crippen molar-refractivity contribution in [3.8, 4) is 0 Å². The molecule has 33 heteroatoms. The van der Waals surface area contributed by atoms with Gasteiger partial charge in [-0.3, -0.25) is 0 Å². The Bertz CT molecular complexity index is 588. The first-order valence-electron chi connectivity index (χ1n) is 4.94. The standard InChI is InChI=1S/6CO.22FH.Fe.4Sb/c6*1-2;;;;;;;;;;;;;;;;;;;;;;;;;;;/h;;;;;;22*1H;;;;;/q;;;;;;;;;;;;;;;;;;;;;;;;;;;;+2;4*+5/p-22. The van der Waals surface area contributed by atoms with Crippen LogP contribution in [0, 0.1) is 39.9 Å². The monoisotopic (exact) mass is 1130 g/mol. The van der Waals surface area contributed by atoms with Gasteiger partial charge in [-0.15, -0.1) is 0 Å². The van der Waals surface area contributed by atoms with E-state index >= 15 is 0 Å². The van der Waals surface area contributed by atoms with Gasteiger partial charge in [-0.05, 0) is 0 Å². The summed E-state index contributed by atoms with van der Waals surface area (Å²) in [7, 11) is 0. The zero-order chi connectivity index (χ0) is 35.7. The van der Waals surface area contributed by atoms with Crippen LogP contribution in [-0.2, 0) is 45.0 Å². The van der Waals surface area contributed by atoms with E-state index in [9.17, 15) is 61.9 Å². The fourth-order valence-electron chi connectivity index (χ4n) is 0. The van der Waals surface area contributed by atoms with E-state index in [-0.39, 0.29) is 17.1 Å². The van der Waals surface area contributed by atoms with Crippen LogP contribution >= 0.6 is 0 Å². The average Bonchev–Trinajstić information content (AvgIpc) is 2.55. The van der Waals surface area contributed by atoms with Gasteiger partial charge in [0.1, 0.15) is 0 Å². The van der Waals surface area contributed by atoms with Gasteiger partial charge in [0, 0.05) is 0 Å². The summed E-state index contributed by atoms with van der Waals surface area (Å²) in [5, 5.41) is 0. The normalized spacial score (nSPS) is 14.5. The molecule has 0 rings (SSSR count). The third-order valence-corrected chi connectivity index (χ3v) is 0. The second kappa shape index (κ2) is 21.4. The molecular weight excluding hydrogens is 1130 g/mol. The summed E-state index contributed by atoms with van der Waals surface area (Å²) in [6.45, 7) is 27.0. The van der Waals surface area contributed by atoms with E-state index in [1.807, 2.05) is 0 Å². The number of rotatable bonds is 0. The van der Waals surface area contributed by atoms with Crippen molar-refractivity contribution in [3.63, 3.8) is 0 Å². The maximum absolute atomic E-state index is 11.2.